The Morgan fingerprint density at radius 2 is 1.92 bits per heavy atom. The Balaban J connectivity index is 1.50. The van der Waals surface area contributed by atoms with E-state index in [-0.39, 0.29) is 6.03 Å². The number of carbonyl (C=O) groups excluding carboxylic acids is 1. The highest BCUT2D eigenvalue weighted by Gasteiger charge is 2.21. The molecule has 132 valence electrons. The second-order valence-corrected chi connectivity index (χ2v) is 7.36. The third-order valence-electron chi connectivity index (χ3n) is 4.40. The van der Waals surface area contributed by atoms with E-state index in [1.165, 1.54) is 5.56 Å². The van der Waals surface area contributed by atoms with Crippen molar-refractivity contribution in [1.29, 1.82) is 0 Å². The molecule has 2 aromatic carbocycles. The molecule has 25 heavy (non-hydrogen) atoms. The number of nitrogens with zero attached hydrogens (tertiary/aromatic N) is 1. The number of amides is 2. The van der Waals surface area contributed by atoms with Crippen LogP contribution in [0.25, 0.3) is 0 Å². The highest BCUT2D eigenvalue weighted by molar-refractivity contribution is 7.99. The minimum absolute atomic E-state index is 0.0186. The van der Waals surface area contributed by atoms with Gasteiger partial charge in [0.15, 0.2) is 0 Å². The van der Waals surface area contributed by atoms with Crippen molar-refractivity contribution in [2.45, 2.75) is 18.2 Å². The standard InChI is InChI=1S/C20H24N2O2S/c1-24-18-9-7-16(8-10-18)15-21-20(23)22-12-11-19(25-14-13-22)17-5-3-2-4-6-17/h2-10,19H,11-15H2,1H3,(H,21,23)/t19-/m0/s1. The van der Waals surface area contributed by atoms with Gasteiger partial charge in [0.1, 0.15) is 5.75 Å². The molecule has 1 fully saturated rings. The Kier molecular flexibility index (Phi) is 6.23. The maximum absolute atomic E-state index is 12.5. The Bertz CT molecular complexity index is 676. The maximum Gasteiger partial charge on any atom is 0.317 e. The van der Waals surface area contributed by atoms with Crippen molar-refractivity contribution in [3.63, 3.8) is 0 Å². The van der Waals surface area contributed by atoms with Crippen molar-refractivity contribution in [3.05, 3.63) is 65.7 Å². The van der Waals surface area contributed by atoms with E-state index in [0.717, 1.165) is 36.6 Å². The summed E-state index contributed by atoms with van der Waals surface area (Å²) in [6.45, 7) is 2.12. The molecule has 0 spiro atoms. The van der Waals surface area contributed by atoms with Gasteiger partial charge < -0.3 is 15.0 Å². The van der Waals surface area contributed by atoms with Crippen molar-refractivity contribution >= 4 is 17.8 Å². The third kappa shape index (κ3) is 4.92. The number of hydrogen-bond donors (Lipinski definition) is 1. The molecule has 4 nitrogen and oxygen atoms in total. The van der Waals surface area contributed by atoms with Gasteiger partial charge in [0.05, 0.1) is 7.11 Å². The molecule has 0 bridgehead atoms. The summed E-state index contributed by atoms with van der Waals surface area (Å²) >= 11 is 1.94. The zero-order valence-corrected chi connectivity index (χ0v) is 15.3. The first kappa shape index (κ1) is 17.7. The zero-order chi connectivity index (χ0) is 17.5. The lowest BCUT2D eigenvalue weighted by molar-refractivity contribution is 0.200. The van der Waals surface area contributed by atoms with Gasteiger partial charge in [0.25, 0.3) is 0 Å². The Morgan fingerprint density at radius 1 is 1.16 bits per heavy atom. The largest absolute Gasteiger partial charge is 0.497 e. The molecule has 1 heterocycles. The number of hydrogen-bond acceptors (Lipinski definition) is 3. The monoisotopic (exact) mass is 356 g/mol. The number of methoxy groups -OCH3 is 1. The zero-order valence-electron chi connectivity index (χ0n) is 14.5. The summed E-state index contributed by atoms with van der Waals surface area (Å²) in [5.41, 5.74) is 2.42. The minimum atomic E-state index is 0.0186. The van der Waals surface area contributed by atoms with E-state index in [4.69, 9.17) is 4.74 Å². The van der Waals surface area contributed by atoms with Crippen LogP contribution in [0.1, 0.15) is 22.8 Å². The topological polar surface area (TPSA) is 41.6 Å². The predicted molar refractivity (Wildman–Crippen MR) is 103 cm³/mol. The number of nitrogens with one attached hydrogen (secondary N) is 1. The van der Waals surface area contributed by atoms with Gasteiger partial charge in [-0.05, 0) is 29.7 Å². The van der Waals surface area contributed by atoms with E-state index < -0.39 is 0 Å². The molecule has 0 saturated carbocycles. The number of rotatable bonds is 4. The van der Waals surface area contributed by atoms with Gasteiger partial charge in [-0.2, -0.15) is 11.8 Å². The van der Waals surface area contributed by atoms with Gasteiger partial charge >= 0.3 is 6.03 Å². The first-order chi connectivity index (χ1) is 12.3. The van der Waals surface area contributed by atoms with Crippen molar-refractivity contribution in [1.82, 2.24) is 10.2 Å². The molecule has 3 rings (SSSR count). The molecule has 0 aliphatic carbocycles. The average molecular weight is 356 g/mol. The molecule has 2 aromatic rings. The van der Waals surface area contributed by atoms with Crippen LogP contribution in [-0.2, 0) is 6.54 Å². The van der Waals surface area contributed by atoms with Crippen molar-refractivity contribution in [2.75, 3.05) is 26.0 Å². The average Bonchev–Trinajstić information content (AvgIpc) is 2.93. The highest BCUT2D eigenvalue weighted by atomic mass is 32.2. The number of thioether (sulfide) groups is 1. The van der Waals surface area contributed by atoms with Gasteiger partial charge in [0.2, 0.25) is 0 Å². The molecular weight excluding hydrogens is 332 g/mol. The van der Waals surface area contributed by atoms with E-state index in [2.05, 4.69) is 29.6 Å². The number of carbonyl (C=O) groups is 1. The van der Waals surface area contributed by atoms with Crippen LogP contribution in [0, 0.1) is 0 Å². The quantitative estimate of drug-likeness (QED) is 0.897. The van der Waals surface area contributed by atoms with Crippen molar-refractivity contribution in [3.8, 4) is 5.75 Å². The molecule has 1 saturated heterocycles. The molecule has 1 atom stereocenters. The van der Waals surface area contributed by atoms with Crippen LogP contribution in [0.3, 0.4) is 0 Å². The second-order valence-electron chi connectivity index (χ2n) is 6.05. The van der Waals surface area contributed by atoms with Gasteiger partial charge in [-0.1, -0.05) is 42.5 Å². The number of urea groups is 1. The van der Waals surface area contributed by atoms with E-state index in [0.29, 0.717) is 11.8 Å². The Morgan fingerprint density at radius 3 is 2.64 bits per heavy atom. The van der Waals surface area contributed by atoms with Crippen LogP contribution < -0.4 is 10.1 Å². The molecular formula is C20H24N2O2S. The molecule has 0 aromatic heterocycles. The lowest BCUT2D eigenvalue weighted by Crippen LogP contribution is -2.40. The third-order valence-corrected chi connectivity index (χ3v) is 5.73. The van der Waals surface area contributed by atoms with E-state index in [1.807, 2.05) is 47.0 Å². The lowest BCUT2D eigenvalue weighted by Gasteiger charge is -2.21. The minimum Gasteiger partial charge on any atom is -0.497 e. The fourth-order valence-electron chi connectivity index (χ4n) is 2.94. The van der Waals surface area contributed by atoms with Crippen molar-refractivity contribution in [2.24, 2.45) is 0 Å². The molecule has 1 N–H and O–H groups in total. The smallest absolute Gasteiger partial charge is 0.317 e. The molecule has 5 heteroatoms. The van der Waals surface area contributed by atoms with Gasteiger partial charge in [-0.3, -0.25) is 0 Å². The van der Waals surface area contributed by atoms with Gasteiger partial charge in [-0.15, -0.1) is 0 Å². The maximum atomic E-state index is 12.5. The van der Waals surface area contributed by atoms with Crippen LogP contribution in [0.2, 0.25) is 0 Å². The Hall–Kier alpha value is -2.14. The fraction of sp³-hybridized carbons (Fsp3) is 0.350. The lowest BCUT2D eigenvalue weighted by atomic mass is 10.1. The molecule has 1 aliphatic heterocycles. The van der Waals surface area contributed by atoms with E-state index in [1.54, 1.807) is 7.11 Å². The molecule has 0 unspecified atom stereocenters. The first-order valence-electron chi connectivity index (χ1n) is 8.58. The summed E-state index contributed by atoms with van der Waals surface area (Å²) in [6, 6.07) is 18.4. The fourth-order valence-corrected chi connectivity index (χ4v) is 4.17. The van der Waals surface area contributed by atoms with Crippen LogP contribution in [0.5, 0.6) is 5.75 Å². The van der Waals surface area contributed by atoms with Crippen LogP contribution in [0.4, 0.5) is 4.79 Å². The first-order valence-corrected chi connectivity index (χ1v) is 9.63. The normalized spacial score (nSPS) is 17.6. The number of benzene rings is 2. The SMILES string of the molecule is COc1ccc(CNC(=O)N2CCS[C@H](c3ccccc3)CC2)cc1. The molecule has 1 aliphatic rings. The van der Waals surface area contributed by atoms with E-state index in [9.17, 15) is 4.79 Å². The van der Waals surface area contributed by atoms with Gasteiger partial charge in [0, 0.05) is 30.6 Å². The van der Waals surface area contributed by atoms with Crippen LogP contribution >= 0.6 is 11.8 Å². The summed E-state index contributed by atoms with van der Waals surface area (Å²) in [4.78, 5) is 14.4. The molecule has 2 amide bonds. The summed E-state index contributed by atoms with van der Waals surface area (Å²) in [6.07, 6.45) is 0.991. The summed E-state index contributed by atoms with van der Waals surface area (Å²) in [5, 5.41) is 3.50. The summed E-state index contributed by atoms with van der Waals surface area (Å²) in [7, 11) is 1.65. The predicted octanol–water partition coefficient (Wildman–Crippen LogP) is 4.09. The van der Waals surface area contributed by atoms with Crippen LogP contribution in [-0.4, -0.2) is 36.9 Å². The van der Waals surface area contributed by atoms with Crippen LogP contribution in [0.15, 0.2) is 54.6 Å². The number of ether oxygens (including phenoxy) is 1. The highest BCUT2D eigenvalue weighted by Crippen LogP contribution is 2.34. The molecule has 0 radical (unpaired) electrons. The summed E-state index contributed by atoms with van der Waals surface area (Å²) < 4.78 is 5.15. The van der Waals surface area contributed by atoms with Crippen molar-refractivity contribution < 1.29 is 9.53 Å². The second kappa shape index (κ2) is 8.81. The summed E-state index contributed by atoms with van der Waals surface area (Å²) in [5.74, 6) is 1.79. The van der Waals surface area contributed by atoms with E-state index >= 15 is 0 Å². The Labute approximate surface area is 153 Å². The van der Waals surface area contributed by atoms with Gasteiger partial charge in [-0.25, -0.2) is 4.79 Å².